The Bertz CT molecular complexity index is 220. The molecule has 0 aliphatic carbocycles. The SMILES string of the molecule is CNC(=S)NCc1nccs1. The Labute approximate surface area is 74.8 Å². The van der Waals surface area contributed by atoms with Crippen molar-refractivity contribution in [1.82, 2.24) is 15.6 Å². The molecule has 0 atom stereocenters. The highest BCUT2D eigenvalue weighted by Crippen LogP contribution is 2.01. The van der Waals surface area contributed by atoms with Gasteiger partial charge in [0.15, 0.2) is 5.11 Å². The lowest BCUT2D eigenvalue weighted by atomic mass is 10.7. The fraction of sp³-hybridized carbons (Fsp3) is 0.333. The number of hydrogen-bond donors (Lipinski definition) is 2. The Morgan fingerprint density at radius 3 is 3.18 bits per heavy atom. The fourth-order valence-corrected chi connectivity index (χ4v) is 1.21. The van der Waals surface area contributed by atoms with Crippen molar-refractivity contribution in [2.75, 3.05) is 7.05 Å². The van der Waals surface area contributed by atoms with Gasteiger partial charge in [-0.1, -0.05) is 0 Å². The topological polar surface area (TPSA) is 37.0 Å². The summed E-state index contributed by atoms with van der Waals surface area (Å²) in [5.41, 5.74) is 0. The standard InChI is InChI=1S/C6H9N3S2/c1-7-6(10)9-4-5-8-2-3-11-5/h2-3H,4H2,1H3,(H2,7,9,10). The third kappa shape index (κ3) is 2.81. The van der Waals surface area contributed by atoms with Crippen molar-refractivity contribution in [3.05, 3.63) is 16.6 Å². The Morgan fingerprint density at radius 1 is 1.82 bits per heavy atom. The number of aromatic nitrogens is 1. The minimum Gasteiger partial charge on any atom is -0.366 e. The van der Waals surface area contributed by atoms with Crippen molar-refractivity contribution < 1.29 is 0 Å². The van der Waals surface area contributed by atoms with E-state index >= 15 is 0 Å². The van der Waals surface area contributed by atoms with E-state index in [1.165, 1.54) is 0 Å². The lowest BCUT2D eigenvalue weighted by Gasteiger charge is -2.03. The number of rotatable bonds is 2. The van der Waals surface area contributed by atoms with Crippen LogP contribution in [0.4, 0.5) is 0 Å². The Morgan fingerprint density at radius 2 is 2.64 bits per heavy atom. The average molecular weight is 187 g/mol. The summed E-state index contributed by atoms with van der Waals surface area (Å²) in [6, 6.07) is 0. The van der Waals surface area contributed by atoms with E-state index < -0.39 is 0 Å². The van der Waals surface area contributed by atoms with Crippen LogP contribution in [0.25, 0.3) is 0 Å². The smallest absolute Gasteiger partial charge is 0.166 e. The summed E-state index contributed by atoms with van der Waals surface area (Å²) in [5.74, 6) is 0. The predicted octanol–water partition coefficient (Wildman–Crippen LogP) is 0.737. The molecule has 1 aromatic rings. The van der Waals surface area contributed by atoms with Crippen LogP contribution in [0.15, 0.2) is 11.6 Å². The third-order valence-electron chi connectivity index (χ3n) is 1.11. The van der Waals surface area contributed by atoms with E-state index in [4.69, 9.17) is 12.2 Å². The molecule has 11 heavy (non-hydrogen) atoms. The number of thiazole rings is 1. The van der Waals surface area contributed by atoms with Crippen molar-refractivity contribution in [3.63, 3.8) is 0 Å². The molecule has 0 aromatic carbocycles. The van der Waals surface area contributed by atoms with Gasteiger partial charge in [-0.2, -0.15) is 0 Å². The van der Waals surface area contributed by atoms with Gasteiger partial charge in [-0.15, -0.1) is 11.3 Å². The first-order valence-corrected chi connectivity index (χ1v) is 4.45. The molecular weight excluding hydrogens is 178 g/mol. The summed E-state index contributed by atoms with van der Waals surface area (Å²) in [7, 11) is 1.79. The Kier molecular flexibility index (Phi) is 3.25. The molecule has 0 radical (unpaired) electrons. The van der Waals surface area contributed by atoms with E-state index in [-0.39, 0.29) is 0 Å². The van der Waals surface area contributed by atoms with Crippen LogP contribution in [-0.2, 0) is 6.54 Å². The largest absolute Gasteiger partial charge is 0.366 e. The molecule has 0 aliphatic rings. The molecule has 1 rings (SSSR count). The summed E-state index contributed by atoms with van der Waals surface area (Å²) >= 11 is 6.50. The molecule has 0 saturated carbocycles. The molecule has 0 spiro atoms. The Balaban J connectivity index is 2.29. The molecule has 2 N–H and O–H groups in total. The maximum Gasteiger partial charge on any atom is 0.166 e. The van der Waals surface area contributed by atoms with Gasteiger partial charge in [0, 0.05) is 18.6 Å². The molecule has 0 aliphatic heterocycles. The normalized spacial score (nSPS) is 9.18. The van der Waals surface area contributed by atoms with E-state index in [1.54, 1.807) is 24.6 Å². The van der Waals surface area contributed by atoms with Gasteiger partial charge in [0.2, 0.25) is 0 Å². The zero-order valence-corrected chi connectivity index (χ0v) is 7.76. The molecule has 60 valence electrons. The zero-order valence-electron chi connectivity index (χ0n) is 6.13. The highest BCUT2D eigenvalue weighted by atomic mass is 32.1. The number of hydrogen-bond acceptors (Lipinski definition) is 3. The lowest BCUT2D eigenvalue weighted by Crippen LogP contribution is -2.31. The molecule has 0 saturated heterocycles. The van der Waals surface area contributed by atoms with E-state index in [0.717, 1.165) is 5.01 Å². The summed E-state index contributed by atoms with van der Waals surface area (Å²) in [6.45, 7) is 0.706. The van der Waals surface area contributed by atoms with Crippen LogP contribution in [-0.4, -0.2) is 17.1 Å². The second kappa shape index (κ2) is 4.25. The van der Waals surface area contributed by atoms with Crippen LogP contribution in [0.2, 0.25) is 0 Å². The van der Waals surface area contributed by atoms with Crippen molar-refractivity contribution >= 4 is 28.7 Å². The zero-order chi connectivity index (χ0) is 8.10. The van der Waals surface area contributed by atoms with Gasteiger partial charge >= 0.3 is 0 Å². The van der Waals surface area contributed by atoms with E-state index in [0.29, 0.717) is 11.7 Å². The fourth-order valence-electron chi connectivity index (χ4n) is 0.585. The average Bonchev–Trinajstić information content (AvgIpc) is 2.52. The van der Waals surface area contributed by atoms with Crippen molar-refractivity contribution in [2.24, 2.45) is 0 Å². The first-order chi connectivity index (χ1) is 5.33. The second-order valence-electron chi connectivity index (χ2n) is 1.86. The van der Waals surface area contributed by atoms with Crippen LogP contribution in [0.3, 0.4) is 0 Å². The van der Waals surface area contributed by atoms with E-state index in [1.807, 2.05) is 5.38 Å². The van der Waals surface area contributed by atoms with Crippen molar-refractivity contribution in [2.45, 2.75) is 6.54 Å². The van der Waals surface area contributed by atoms with Crippen LogP contribution in [0, 0.1) is 0 Å². The number of thiocarbonyl (C=S) groups is 1. The first-order valence-electron chi connectivity index (χ1n) is 3.17. The van der Waals surface area contributed by atoms with Crippen LogP contribution >= 0.6 is 23.6 Å². The minimum absolute atomic E-state index is 0.653. The van der Waals surface area contributed by atoms with Crippen LogP contribution in [0.1, 0.15) is 5.01 Å². The van der Waals surface area contributed by atoms with Gasteiger partial charge in [-0.05, 0) is 12.2 Å². The molecule has 1 heterocycles. The van der Waals surface area contributed by atoms with Crippen LogP contribution < -0.4 is 10.6 Å². The van der Waals surface area contributed by atoms with Gasteiger partial charge in [-0.3, -0.25) is 0 Å². The highest BCUT2D eigenvalue weighted by Gasteiger charge is 1.94. The summed E-state index contributed by atoms with van der Waals surface area (Å²) in [4.78, 5) is 4.09. The molecule has 0 unspecified atom stereocenters. The highest BCUT2D eigenvalue weighted by molar-refractivity contribution is 7.80. The molecule has 0 fully saturated rings. The minimum atomic E-state index is 0.653. The second-order valence-corrected chi connectivity index (χ2v) is 3.25. The van der Waals surface area contributed by atoms with Crippen LogP contribution in [0.5, 0.6) is 0 Å². The summed E-state index contributed by atoms with van der Waals surface area (Å²) in [6.07, 6.45) is 1.78. The number of nitrogens with one attached hydrogen (secondary N) is 2. The van der Waals surface area contributed by atoms with E-state index in [9.17, 15) is 0 Å². The van der Waals surface area contributed by atoms with Gasteiger partial charge in [-0.25, -0.2) is 4.98 Å². The number of nitrogens with zero attached hydrogens (tertiary/aromatic N) is 1. The summed E-state index contributed by atoms with van der Waals surface area (Å²) in [5, 5.41) is 9.47. The first kappa shape index (κ1) is 8.42. The predicted molar refractivity (Wildman–Crippen MR) is 50.6 cm³/mol. The molecular formula is C6H9N3S2. The molecule has 0 bridgehead atoms. The monoisotopic (exact) mass is 187 g/mol. The quantitative estimate of drug-likeness (QED) is 0.670. The molecule has 3 nitrogen and oxygen atoms in total. The van der Waals surface area contributed by atoms with E-state index in [2.05, 4.69) is 15.6 Å². The lowest BCUT2D eigenvalue weighted by molar-refractivity contribution is 0.880. The van der Waals surface area contributed by atoms with Gasteiger partial charge in [0.1, 0.15) is 5.01 Å². The third-order valence-corrected chi connectivity index (χ3v) is 2.24. The Hall–Kier alpha value is -0.680. The maximum atomic E-state index is 4.88. The summed E-state index contributed by atoms with van der Waals surface area (Å²) < 4.78 is 0. The van der Waals surface area contributed by atoms with Crippen molar-refractivity contribution in [1.29, 1.82) is 0 Å². The van der Waals surface area contributed by atoms with Crippen molar-refractivity contribution in [3.8, 4) is 0 Å². The molecule has 0 amide bonds. The molecule has 1 aromatic heterocycles. The van der Waals surface area contributed by atoms with Gasteiger partial charge < -0.3 is 10.6 Å². The van der Waals surface area contributed by atoms with Gasteiger partial charge in [0.05, 0.1) is 6.54 Å². The molecule has 5 heteroatoms. The maximum absolute atomic E-state index is 4.88. The van der Waals surface area contributed by atoms with Gasteiger partial charge in [0.25, 0.3) is 0 Å².